The van der Waals surface area contributed by atoms with Gasteiger partial charge in [-0.3, -0.25) is 4.98 Å². The molecule has 0 saturated carbocycles. The molecule has 0 radical (unpaired) electrons. The van der Waals surface area contributed by atoms with Crippen molar-refractivity contribution in [3.05, 3.63) is 18.1 Å². The van der Waals surface area contributed by atoms with Crippen LogP contribution in [-0.2, 0) is 6.54 Å². The zero-order valence-corrected chi connectivity index (χ0v) is 9.76. The highest BCUT2D eigenvalue weighted by atomic mass is 16.2. The van der Waals surface area contributed by atoms with Crippen LogP contribution in [0.4, 0.5) is 5.82 Å². The number of nitrogens with zero attached hydrogens (tertiary/aromatic N) is 3. The maximum atomic E-state index is 8.66. The number of nitrogens with two attached hydrogens (primary N) is 1. The molecule has 1 aromatic heterocycles. The molecular weight excluding hydrogens is 204 g/mol. The van der Waals surface area contributed by atoms with Gasteiger partial charge in [0, 0.05) is 26.7 Å². The minimum atomic E-state index is 0.273. The molecule has 16 heavy (non-hydrogen) atoms. The number of aliphatic hydroxyl groups is 1. The summed E-state index contributed by atoms with van der Waals surface area (Å²) in [6.45, 7) is 1.62. The SMILES string of the molecule is CN(CCCCCO)c1cnc(CN)cn1. The third kappa shape index (κ3) is 4.12. The van der Waals surface area contributed by atoms with E-state index < -0.39 is 0 Å². The standard InChI is InChI=1S/C11H20N4O/c1-15(5-3-2-4-6-16)11-9-13-10(7-12)8-14-11/h8-9,16H,2-7,12H2,1H3. The summed E-state index contributed by atoms with van der Waals surface area (Å²) in [6.07, 6.45) is 6.41. The zero-order valence-electron chi connectivity index (χ0n) is 9.76. The van der Waals surface area contributed by atoms with Crippen LogP contribution in [0.2, 0.25) is 0 Å². The lowest BCUT2D eigenvalue weighted by molar-refractivity contribution is 0.283. The smallest absolute Gasteiger partial charge is 0.146 e. The van der Waals surface area contributed by atoms with Crippen molar-refractivity contribution in [1.82, 2.24) is 9.97 Å². The molecule has 0 saturated heterocycles. The van der Waals surface area contributed by atoms with Gasteiger partial charge in [0.1, 0.15) is 5.82 Å². The first-order chi connectivity index (χ1) is 7.77. The number of hydrogen-bond acceptors (Lipinski definition) is 5. The average Bonchev–Trinajstić information content (AvgIpc) is 2.34. The first kappa shape index (κ1) is 12.9. The Labute approximate surface area is 96.3 Å². The first-order valence-corrected chi connectivity index (χ1v) is 5.61. The van der Waals surface area contributed by atoms with Crippen LogP contribution in [0.5, 0.6) is 0 Å². The van der Waals surface area contributed by atoms with Gasteiger partial charge in [0.05, 0.1) is 18.1 Å². The normalized spacial score (nSPS) is 10.4. The minimum Gasteiger partial charge on any atom is -0.396 e. The maximum absolute atomic E-state index is 8.66. The van der Waals surface area contributed by atoms with Crippen LogP contribution in [0.3, 0.4) is 0 Å². The molecule has 0 unspecified atom stereocenters. The number of rotatable bonds is 7. The Kier molecular flexibility index (Phi) is 5.74. The predicted molar refractivity (Wildman–Crippen MR) is 64.1 cm³/mol. The van der Waals surface area contributed by atoms with Crippen molar-refractivity contribution in [3.8, 4) is 0 Å². The largest absolute Gasteiger partial charge is 0.396 e. The van der Waals surface area contributed by atoms with Crippen molar-refractivity contribution in [2.45, 2.75) is 25.8 Å². The molecule has 0 atom stereocenters. The van der Waals surface area contributed by atoms with Crippen molar-refractivity contribution < 1.29 is 5.11 Å². The van der Waals surface area contributed by atoms with E-state index in [-0.39, 0.29) is 6.61 Å². The van der Waals surface area contributed by atoms with E-state index in [9.17, 15) is 0 Å². The van der Waals surface area contributed by atoms with E-state index in [0.717, 1.165) is 37.3 Å². The first-order valence-electron chi connectivity index (χ1n) is 5.61. The molecule has 5 heteroatoms. The Balaban J connectivity index is 2.37. The van der Waals surface area contributed by atoms with Crippen LogP contribution in [0, 0.1) is 0 Å². The summed E-state index contributed by atoms with van der Waals surface area (Å²) in [7, 11) is 1.99. The summed E-state index contributed by atoms with van der Waals surface area (Å²) in [4.78, 5) is 10.5. The van der Waals surface area contributed by atoms with Crippen LogP contribution < -0.4 is 10.6 Å². The fourth-order valence-corrected chi connectivity index (χ4v) is 1.40. The molecule has 0 aliphatic heterocycles. The lowest BCUT2D eigenvalue weighted by Gasteiger charge is -2.17. The molecule has 0 spiro atoms. The lowest BCUT2D eigenvalue weighted by Crippen LogP contribution is -2.20. The van der Waals surface area contributed by atoms with Crippen LogP contribution >= 0.6 is 0 Å². The van der Waals surface area contributed by atoms with Crippen molar-refractivity contribution >= 4 is 5.82 Å². The quantitative estimate of drug-likeness (QED) is 0.661. The summed E-state index contributed by atoms with van der Waals surface area (Å²) in [6, 6.07) is 0. The fourth-order valence-electron chi connectivity index (χ4n) is 1.40. The molecule has 0 aliphatic carbocycles. The van der Waals surface area contributed by atoms with Crippen molar-refractivity contribution in [3.63, 3.8) is 0 Å². The van der Waals surface area contributed by atoms with Crippen molar-refractivity contribution in [2.24, 2.45) is 5.73 Å². The topological polar surface area (TPSA) is 75.3 Å². The molecular formula is C11H20N4O. The van der Waals surface area contributed by atoms with E-state index in [0.29, 0.717) is 6.54 Å². The second-order valence-corrected chi connectivity index (χ2v) is 3.78. The van der Waals surface area contributed by atoms with E-state index >= 15 is 0 Å². The van der Waals surface area contributed by atoms with Gasteiger partial charge in [-0.1, -0.05) is 0 Å². The van der Waals surface area contributed by atoms with E-state index in [1.165, 1.54) is 0 Å². The highest BCUT2D eigenvalue weighted by Crippen LogP contribution is 2.08. The van der Waals surface area contributed by atoms with E-state index in [1.807, 2.05) is 7.05 Å². The summed E-state index contributed by atoms with van der Waals surface area (Å²) >= 11 is 0. The van der Waals surface area contributed by atoms with Gasteiger partial charge in [-0.15, -0.1) is 0 Å². The highest BCUT2D eigenvalue weighted by Gasteiger charge is 2.02. The Morgan fingerprint density at radius 2 is 2.06 bits per heavy atom. The van der Waals surface area contributed by atoms with Crippen molar-refractivity contribution in [2.75, 3.05) is 25.1 Å². The molecule has 0 aliphatic rings. The molecule has 1 rings (SSSR count). The van der Waals surface area contributed by atoms with Gasteiger partial charge in [0.25, 0.3) is 0 Å². The highest BCUT2D eigenvalue weighted by molar-refractivity contribution is 5.34. The number of anilines is 1. The van der Waals surface area contributed by atoms with Gasteiger partial charge in [0.2, 0.25) is 0 Å². The summed E-state index contributed by atoms with van der Waals surface area (Å²) < 4.78 is 0. The van der Waals surface area contributed by atoms with Gasteiger partial charge in [0.15, 0.2) is 0 Å². The number of aliphatic hydroxyl groups excluding tert-OH is 1. The Bertz CT molecular complexity index is 289. The van der Waals surface area contributed by atoms with Gasteiger partial charge in [-0.05, 0) is 19.3 Å². The van der Waals surface area contributed by atoms with Gasteiger partial charge >= 0.3 is 0 Å². The van der Waals surface area contributed by atoms with Gasteiger partial charge in [-0.2, -0.15) is 0 Å². The second kappa shape index (κ2) is 7.14. The molecule has 1 aromatic rings. The van der Waals surface area contributed by atoms with Gasteiger partial charge in [-0.25, -0.2) is 4.98 Å². The molecule has 5 nitrogen and oxygen atoms in total. The number of aromatic nitrogens is 2. The van der Waals surface area contributed by atoms with E-state index in [1.54, 1.807) is 12.4 Å². The predicted octanol–water partition coefficient (Wildman–Crippen LogP) is 0.534. The van der Waals surface area contributed by atoms with Gasteiger partial charge < -0.3 is 15.7 Å². The van der Waals surface area contributed by atoms with Crippen LogP contribution in [0.1, 0.15) is 25.0 Å². The van der Waals surface area contributed by atoms with Crippen LogP contribution in [0.15, 0.2) is 12.4 Å². The summed E-state index contributed by atoms with van der Waals surface area (Å²) in [5.41, 5.74) is 6.25. The lowest BCUT2D eigenvalue weighted by atomic mass is 10.2. The second-order valence-electron chi connectivity index (χ2n) is 3.78. The number of hydrogen-bond donors (Lipinski definition) is 2. The molecule has 0 bridgehead atoms. The monoisotopic (exact) mass is 224 g/mol. The Hall–Kier alpha value is -1.20. The molecule has 1 heterocycles. The Morgan fingerprint density at radius 1 is 1.25 bits per heavy atom. The average molecular weight is 224 g/mol. The molecule has 90 valence electrons. The maximum Gasteiger partial charge on any atom is 0.146 e. The third-order valence-corrected chi connectivity index (χ3v) is 2.44. The molecule has 3 N–H and O–H groups in total. The summed E-state index contributed by atoms with van der Waals surface area (Å²) in [5, 5.41) is 8.66. The minimum absolute atomic E-state index is 0.273. The number of unbranched alkanes of at least 4 members (excludes halogenated alkanes) is 2. The van der Waals surface area contributed by atoms with Crippen molar-refractivity contribution in [1.29, 1.82) is 0 Å². The summed E-state index contributed by atoms with van der Waals surface area (Å²) in [5.74, 6) is 0.862. The molecule has 0 amide bonds. The van der Waals surface area contributed by atoms with E-state index in [2.05, 4.69) is 14.9 Å². The molecule has 0 fully saturated rings. The Morgan fingerprint density at radius 3 is 2.62 bits per heavy atom. The molecule has 0 aromatic carbocycles. The zero-order chi connectivity index (χ0) is 11.8. The van der Waals surface area contributed by atoms with Crippen LogP contribution in [0.25, 0.3) is 0 Å². The third-order valence-electron chi connectivity index (χ3n) is 2.44. The van der Waals surface area contributed by atoms with Crippen LogP contribution in [-0.4, -0.2) is 35.3 Å². The fraction of sp³-hybridized carbons (Fsp3) is 0.636. The van der Waals surface area contributed by atoms with E-state index in [4.69, 9.17) is 10.8 Å².